The third-order valence-corrected chi connectivity index (χ3v) is 3.49. The lowest BCUT2D eigenvalue weighted by molar-refractivity contribution is -0.142. The van der Waals surface area contributed by atoms with Gasteiger partial charge in [0.2, 0.25) is 5.91 Å². The molecule has 0 bridgehead atoms. The Morgan fingerprint density at radius 2 is 2.33 bits per heavy atom. The number of benzene rings is 1. The van der Waals surface area contributed by atoms with Gasteiger partial charge >= 0.3 is 0 Å². The van der Waals surface area contributed by atoms with Crippen LogP contribution in [0.2, 0.25) is 5.02 Å². The first kappa shape index (κ1) is 15.9. The van der Waals surface area contributed by atoms with E-state index in [9.17, 15) is 9.18 Å². The van der Waals surface area contributed by atoms with E-state index < -0.39 is 5.82 Å². The zero-order valence-electron chi connectivity index (χ0n) is 11.6. The third-order valence-electron chi connectivity index (χ3n) is 3.20. The first-order chi connectivity index (χ1) is 9.99. The molecule has 1 aromatic carbocycles. The van der Waals surface area contributed by atoms with E-state index >= 15 is 0 Å². The van der Waals surface area contributed by atoms with Gasteiger partial charge in [0.25, 0.3) is 0 Å². The van der Waals surface area contributed by atoms with Gasteiger partial charge in [0.05, 0.1) is 23.8 Å². The summed E-state index contributed by atoms with van der Waals surface area (Å²) in [5.41, 5.74) is 0.648. The van der Waals surface area contributed by atoms with Gasteiger partial charge in [-0.3, -0.25) is 4.79 Å². The van der Waals surface area contributed by atoms with Gasteiger partial charge in [0.1, 0.15) is 5.82 Å². The van der Waals surface area contributed by atoms with Gasteiger partial charge < -0.3 is 14.7 Å². The van der Waals surface area contributed by atoms with Crippen LogP contribution in [0.25, 0.3) is 6.08 Å². The standard InChI is InChI=1S/C15H17ClFNO3/c1-10-7-18(8-12(9-19)21-10)15(20)5-3-11-2-4-14(17)13(16)6-11/h2-6,10,12,19H,7-9H2,1H3/b5-3+. The SMILES string of the molecule is CC1CN(C(=O)/C=C/c2ccc(F)c(Cl)c2)CC(CO)O1. The Bertz CT molecular complexity index is 550. The summed E-state index contributed by atoms with van der Waals surface area (Å²) in [6.45, 7) is 2.56. The molecule has 1 N–H and O–H groups in total. The van der Waals surface area contributed by atoms with E-state index in [1.54, 1.807) is 17.0 Å². The van der Waals surface area contributed by atoms with Crippen LogP contribution in [0.15, 0.2) is 24.3 Å². The topological polar surface area (TPSA) is 49.8 Å². The molecule has 0 spiro atoms. The summed E-state index contributed by atoms with van der Waals surface area (Å²) < 4.78 is 18.5. The second-order valence-corrected chi connectivity index (χ2v) is 5.41. The first-order valence-electron chi connectivity index (χ1n) is 6.68. The number of hydrogen-bond donors (Lipinski definition) is 1. The van der Waals surface area contributed by atoms with E-state index in [0.717, 1.165) is 0 Å². The van der Waals surface area contributed by atoms with Crippen LogP contribution in [0.4, 0.5) is 4.39 Å². The molecule has 2 atom stereocenters. The fourth-order valence-corrected chi connectivity index (χ4v) is 2.40. The maximum absolute atomic E-state index is 13.0. The number of nitrogens with zero attached hydrogens (tertiary/aromatic N) is 1. The lowest BCUT2D eigenvalue weighted by atomic mass is 10.2. The monoisotopic (exact) mass is 313 g/mol. The molecule has 1 aliphatic heterocycles. The number of aliphatic hydroxyl groups excluding tert-OH is 1. The molecule has 1 saturated heterocycles. The molecule has 4 nitrogen and oxygen atoms in total. The smallest absolute Gasteiger partial charge is 0.246 e. The Balaban J connectivity index is 2.02. The highest BCUT2D eigenvalue weighted by Gasteiger charge is 2.26. The van der Waals surface area contributed by atoms with Crippen molar-refractivity contribution in [2.24, 2.45) is 0 Å². The Kier molecular flexibility index (Phi) is 5.33. The molecule has 2 rings (SSSR count). The van der Waals surface area contributed by atoms with Crippen LogP contribution in [0.5, 0.6) is 0 Å². The number of ether oxygens (including phenoxy) is 1. The molecule has 114 valence electrons. The number of aliphatic hydroxyl groups is 1. The van der Waals surface area contributed by atoms with Gasteiger partial charge in [0.15, 0.2) is 0 Å². The van der Waals surface area contributed by atoms with Crippen molar-refractivity contribution >= 4 is 23.6 Å². The van der Waals surface area contributed by atoms with E-state index in [1.165, 1.54) is 18.2 Å². The van der Waals surface area contributed by atoms with Gasteiger partial charge in [-0.05, 0) is 30.7 Å². The quantitative estimate of drug-likeness (QED) is 0.870. The lowest BCUT2D eigenvalue weighted by Crippen LogP contribution is -2.49. The normalized spacial score (nSPS) is 22.8. The molecule has 0 radical (unpaired) electrons. The van der Waals surface area contributed by atoms with Gasteiger partial charge in [-0.2, -0.15) is 0 Å². The number of rotatable bonds is 3. The third kappa shape index (κ3) is 4.27. The van der Waals surface area contributed by atoms with E-state index in [4.69, 9.17) is 21.4 Å². The fourth-order valence-electron chi connectivity index (χ4n) is 2.21. The lowest BCUT2D eigenvalue weighted by Gasteiger charge is -2.35. The number of morpholine rings is 1. The minimum absolute atomic E-state index is 0.0185. The number of carbonyl (C=O) groups is 1. The summed E-state index contributed by atoms with van der Waals surface area (Å²) in [4.78, 5) is 13.7. The second kappa shape index (κ2) is 7.02. The summed E-state index contributed by atoms with van der Waals surface area (Å²) in [6.07, 6.45) is 2.53. The van der Waals surface area contributed by atoms with Crippen LogP contribution in [0.1, 0.15) is 12.5 Å². The zero-order valence-corrected chi connectivity index (χ0v) is 12.4. The summed E-state index contributed by atoms with van der Waals surface area (Å²) in [6, 6.07) is 4.26. The average Bonchev–Trinajstić information content (AvgIpc) is 2.47. The molecule has 6 heteroatoms. The van der Waals surface area contributed by atoms with Crippen molar-refractivity contribution in [3.05, 3.63) is 40.7 Å². The van der Waals surface area contributed by atoms with Crippen LogP contribution in [-0.4, -0.2) is 47.8 Å². The molecule has 1 aliphatic rings. The number of amides is 1. The fraction of sp³-hybridized carbons (Fsp3) is 0.400. The van der Waals surface area contributed by atoms with Crippen molar-refractivity contribution in [2.75, 3.05) is 19.7 Å². The molecule has 1 aromatic rings. The van der Waals surface area contributed by atoms with Gasteiger partial charge in [0, 0.05) is 19.2 Å². The minimum Gasteiger partial charge on any atom is -0.394 e. The summed E-state index contributed by atoms with van der Waals surface area (Å²) in [7, 11) is 0. The Hall–Kier alpha value is -1.43. The average molecular weight is 314 g/mol. The van der Waals surface area contributed by atoms with E-state index in [-0.39, 0.29) is 29.7 Å². The number of carbonyl (C=O) groups excluding carboxylic acids is 1. The molecule has 0 aromatic heterocycles. The molecule has 0 saturated carbocycles. The highest BCUT2D eigenvalue weighted by Crippen LogP contribution is 2.17. The van der Waals surface area contributed by atoms with E-state index in [0.29, 0.717) is 18.7 Å². The predicted octanol–water partition coefficient (Wildman–Crippen LogP) is 2.10. The van der Waals surface area contributed by atoms with Crippen molar-refractivity contribution in [3.63, 3.8) is 0 Å². The first-order valence-corrected chi connectivity index (χ1v) is 7.05. The largest absolute Gasteiger partial charge is 0.394 e. The van der Waals surface area contributed by atoms with E-state index in [2.05, 4.69) is 0 Å². The van der Waals surface area contributed by atoms with Gasteiger partial charge in [-0.15, -0.1) is 0 Å². The summed E-state index contributed by atoms with van der Waals surface area (Å²) >= 11 is 5.69. The van der Waals surface area contributed by atoms with Gasteiger partial charge in [-0.1, -0.05) is 17.7 Å². The highest BCUT2D eigenvalue weighted by atomic mass is 35.5. The van der Waals surface area contributed by atoms with Crippen LogP contribution >= 0.6 is 11.6 Å². The molecule has 1 heterocycles. The molecule has 2 unspecified atom stereocenters. The van der Waals surface area contributed by atoms with Crippen molar-refractivity contribution in [2.45, 2.75) is 19.1 Å². The molecular weight excluding hydrogens is 297 g/mol. The van der Waals surface area contributed by atoms with Crippen molar-refractivity contribution in [1.82, 2.24) is 4.90 Å². The Morgan fingerprint density at radius 1 is 1.57 bits per heavy atom. The Labute approximate surface area is 127 Å². The second-order valence-electron chi connectivity index (χ2n) is 5.00. The van der Waals surface area contributed by atoms with Crippen molar-refractivity contribution in [1.29, 1.82) is 0 Å². The van der Waals surface area contributed by atoms with Crippen LogP contribution in [0, 0.1) is 5.82 Å². The summed E-state index contributed by atoms with van der Waals surface area (Å²) in [5.74, 6) is -0.669. The number of halogens is 2. The minimum atomic E-state index is -0.493. The zero-order chi connectivity index (χ0) is 15.4. The predicted molar refractivity (Wildman–Crippen MR) is 78.4 cm³/mol. The maximum Gasteiger partial charge on any atom is 0.246 e. The van der Waals surface area contributed by atoms with E-state index in [1.807, 2.05) is 6.92 Å². The molecule has 1 amide bonds. The number of hydrogen-bond acceptors (Lipinski definition) is 3. The Morgan fingerprint density at radius 3 is 3.00 bits per heavy atom. The van der Waals surface area contributed by atoms with Crippen LogP contribution in [-0.2, 0) is 9.53 Å². The molecule has 0 aliphatic carbocycles. The summed E-state index contributed by atoms with van der Waals surface area (Å²) in [5, 5.41) is 9.16. The van der Waals surface area contributed by atoms with Crippen molar-refractivity contribution < 1.29 is 19.0 Å². The molecule has 1 fully saturated rings. The highest BCUT2D eigenvalue weighted by molar-refractivity contribution is 6.30. The van der Waals surface area contributed by atoms with Gasteiger partial charge in [-0.25, -0.2) is 4.39 Å². The van der Waals surface area contributed by atoms with Crippen LogP contribution in [0.3, 0.4) is 0 Å². The maximum atomic E-state index is 13.0. The molecular formula is C15H17ClFNO3. The molecule has 21 heavy (non-hydrogen) atoms. The van der Waals surface area contributed by atoms with Crippen molar-refractivity contribution in [3.8, 4) is 0 Å². The van der Waals surface area contributed by atoms with Crippen LogP contribution < -0.4 is 0 Å².